The van der Waals surface area contributed by atoms with Crippen molar-refractivity contribution >= 4 is 46.1 Å². The molecule has 184 valence electrons. The van der Waals surface area contributed by atoms with Crippen molar-refractivity contribution in [2.75, 3.05) is 38.7 Å². The number of fused-ring (bicyclic) bond motifs is 1. The lowest BCUT2D eigenvalue weighted by Gasteiger charge is -2.26. The van der Waals surface area contributed by atoms with Gasteiger partial charge in [-0.15, -0.1) is 0 Å². The Morgan fingerprint density at radius 2 is 1.91 bits per heavy atom. The minimum Gasteiger partial charge on any atom is -0.493 e. The van der Waals surface area contributed by atoms with E-state index < -0.39 is 5.91 Å². The summed E-state index contributed by atoms with van der Waals surface area (Å²) in [5, 5.41) is 3.83. The van der Waals surface area contributed by atoms with Gasteiger partial charge >= 0.3 is 0 Å². The number of nitrogens with zero attached hydrogens (tertiary/aromatic N) is 1. The number of hydrogen-bond acceptors (Lipinski definition) is 6. The Morgan fingerprint density at radius 1 is 1.17 bits per heavy atom. The maximum Gasteiger partial charge on any atom is 0.291 e. The summed E-state index contributed by atoms with van der Waals surface area (Å²) in [5.74, 6) is 0.286. The summed E-state index contributed by atoms with van der Waals surface area (Å²) in [6, 6.07) is 10.6. The first-order chi connectivity index (χ1) is 16.9. The highest BCUT2D eigenvalue weighted by Crippen LogP contribution is 2.37. The summed E-state index contributed by atoms with van der Waals surface area (Å²) >= 11 is 6.38. The number of morpholine rings is 1. The molecule has 1 N–H and O–H groups in total. The van der Waals surface area contributed by atoms with Gasteiger partial charge in [-0.2, -0.15) is 0 Å². The Kier molecular flexibility index (Phi) is 7.63. The number of carbonyl (C=O) groups excluding carboxylic acids is 2. The quantitative estimate of drug-likeness (QED) is 0.461. The van der Waals surface area contributed by atoms with E-state index in [1.54, 1.807) is 35.2 Å². The van der Waals surface area contributed by atoms with Crippen molar-refractivity contribution in [1.29, 1.82) is 0 Å². The average Bonchev–Trinajstić information content (AvgIpc) is 3.22. The zero-order valence-corrected chi connectivity index (χ0v) is 20.6. The van der Waals surface area contributed by atoms with E-state index in [1.165, 1.54) is 13.2 Å². The molecule has 2 amide bonds. The summed E-state index contributed by atoms with van der Waals surface area (Å²) in [7, 11) is 1.52. The number of furan rings is 1. The molecule has 9 heteroatoms. The van der Waals surface area contributed by atoms with Crippen LogP contribution in [0.2, 0.25) is 5.02 Å². The van der Waals surface area contributed by atoms with Crippen LogP contribution < -0.4 is 14.8 Å². The molecule has 0 unspecified atom stereocenters. The van der Waals surface area contributed by atoms with Crippen molar-refractivity contribution in [3.8, 4) is 11.5 Å². The Hall–Kier alpha value is -3.49. The van der Waals surface area contributed by atoms with Crippen LogP contribution in [0.15, 0.2) is 46.9 Å². The third-order valence-corrected chi connectivity index (χ3v) is 5.65. The number of methoxy groups -OCH3 is 1. The number of halogens is 1. The molecule has 0 saturated carbocycles. The van der Waals surface area contributed by atoms with Crippen LogP contribution in [-0.2, 0) is 9.53 Å². The van der Waals surface area contributed by atoms with Gasteiger partial charge in [0.15, 0.2) is 11.5 Å². The standard InChI is InChI=1S/C26H27ClN2O6/c1-16(2)34-24-19(27)14-17(15-21(24)32-3)8-9-22(30)28-23-18-6-4-5-7-20(18)35-25(23)26(31)29-10-12-33-13-11-29/h4-9,14-16H,10-13H2,1-3H3,(H,28,30)/b9-8+. The molecule has 2 heterocycles. The first kappa shape index (κ1) is 24.6. The molecule has 4 rings (SSSR count). The number of ether oxygens (including phenoxy) is 3. The van der Waals surface area contributed by atoms with Gasteiger partial charge in [0.05, 0.1) is 31.5 Å². The molecule has 1 aromatic heterocycles. The van der Waals surface area contributed by atoms with Crippen molar-refractivity contribution in [2.45, 2.75) is 20.0 Å². The molecule has 0 bridgehead atoms. The zero-order chi connectivity index (χ0) is 24.9. The van der Waals surface area contributed by atoms with Gasteiger partial charge in [-0.3, -0.25) is 9.59 Å². The Bertz CT molecular complexity index is 1260. The predicted octanol–water partition coefficient (Wildman–Crippen LogP) is 5.01. The molecule has 1 aliphatic heterocycles. The van der Waals surface area contributed by atoms with Crippen LogP contribution in [0.1, 0.15) is 30.0 Å². The highest BCUT2D eigenvalue weighted by Gasteiger charge is 2.27. The van der Waals surface area contributed by atoms with E-state index >= 15 is 0 Å². The molecule has 2 aromatic carbocycles. The second-order valence-corrected chi connectivity index (χ2v) is 8.64. The van der Waals surface area contributed by atoms with Crippen molar-refractivity contribution < 1.29 is 28.2 Å². The number of hydrogen-bond donors (Lipinski definition) is 1. The maximum atomic E-state index is 13.1. The lowest BCUT2D eigenvalue weighted by atomic mass is 10.1. The maximum absolute atomic E-state index is 13.1. The molecule has 0 aliphatic carbocycles. The molecule has 3 aromatic rings. The molecular weight excluding hydrogens is 472 g/mol. The number of para-hydroxylation sites is 1. The van der Waals surface area contributed by atoms with Crippen LogP contribution >= 0.6 is 11.6 Å². The van der Waals surface area contributed by atoms with Gasteiger partial charge in [0.25, 0.3) is 5.91 Å². The molecule has 1 saturated heterocycles. The Labute approximate surface area is 208 Å². The van der Waals surface area contributed by atoms with Gasteiger partial charge in [0, 0.05) is 24.6 Å². The lowest BCUT2D eigenvalue weighted by molar-refractivity contribution is -0.111. The minimum absolute atomic E-state index is 0.0762. The minimum atomic E-state index is -0.426. The number of nitrogens with one attached hydrogen (secondary N) is 1. The SMILES string of the molecule is COc1cc(/C=C/C(=O)Nc2c(C(=O)N3CCOCC3)oc3ccccc23)cc(Cl)c1OC(C)C. The van der Waals surface area contributed by atoms with E-state index in [0.29, 0.717) is 65.0 Å². The van der Waals surface area contributed by atoms with E-state index in [0.717, 1.165) is 0 Å². The van der Waals surface area contributed by atoms with Crippen molar-refractivity contribution in [3.05, 3.63) is 58.8 Å². The lowest BCUT2D eigenvalue weighted by Crippen LogP contribution is -2.40. The van der Waals surface area contributed by atoms with Crippen molar-refractivity contribution in [2.24, 2.45) is 0 Å². The first-order valence-electron chi connectivity index (χ1n) is 11.3. The monoisotopic (exact) mass is 498 g/mol. The molecule has 1 fully saturated rings. The van der Waals surface area contributed by atoms with E-state index in [2.05, 4.69) is 5.32 Å². The van der Waals surface area contributed by atoms with Crippen molar-refractivity contribution in [3.63, 3.8) is 0 Å². The van der Waals surface area contributed by atoms with Crippen LogP contribution in [0.25, 0.3) is 17.0 Å². The summed E-state index contributed by atoms with van der Waals surface area (Å²) in [4.78, 5) is 27.6. The normalized spacial score (nSPS) is 14.0. The molecule has 1 aliphatic rings. The fraction of sp³-hybridized carbons (Fsp3) is 0.308. The zero-order valence-electron chi connectivity index (χ0n) is 19.8. The largest absolute Gasteiger partial charge is 0.493 e. The van der Waals surface area contributed by atoms with Crippen LogP contribution in [0, 0.1) is 0 Å². The number of rotatable bonds is 7. The van der Waals surface area contributed by atoms with Gasteiger partial charge in [-0.1, -0.05) is 23.7 Å². The number of anilines is 1. The molecular formula is C26H27ClN2O6. The van der Waals surface area contributed by atoms with Gasteiger partial charge < -0.3 is 28.8 Å². The number of benzene rings is 2. The van der Waals surface area contributed by atoms with Gasteiger partial charge in [-0.25, -0.2) is 0 Å². The van der Waals surface area contributed by atoms with E-state index in [4.69, 9.17) is 30.2 Å². The second-order valence-electron chi connectivity index (χ2n) is 8.23. The summed E-state index contributed by atoms with van der Waals surface area (Å²) in [5.41, 5.74) is 1.50. The summed E-state index contributed by atoms with van der Waals surface area (Å²) in [6.07, 6.45) is 2.89. The second kappa shape index (κ2) is 10.8. The topological polar surface area (TPSA) is 90.2 Å². The fourth-order valence-corrected chi connectivity index (χ4v) is 4.02. The number of carbonyl (C=O) groups is 2. The molecule has 0 radical (unpaired) electrons. The molecule has 0 spiro atoms. The third kappa shape index (κ3) is 5.61. The van der Waals surface area contributed by atoms with E-state index in [9.17, 15) is 9.59 Å². The highest BCUT2D eigenvalue weighted by atomic mass is 35.5. The van der Waals surface area contributed by atoms with E-state index in [-0.39, 0.29) is 17.8 Å². The Balaban J connectivity index is 1.58. The summed E-state index contributed by atoms with van der Waals surface area (Å²) < 4.78 is 22.3. The van der Waals surface area contributed by atoms with Crippen LogP contribution in [0.5, 0.6) is 11.5 Å². The first-order valence-corrected chi connectivity index (χ1v) is 11.7. The van der Waals surface area contributed by atoms with Gasteiger partial charge in [0.2, 0.25) is 11.7 Å². The Morgan fingerprint density at radius 3 is 2.63 bits per heavy atom. The smallest absolute Gasteiger partial charge is 0.291 e. The predicted molar refractivity (Wildman–Crippen MR) is 134 cm³/mol. The average molecular weight is 499 g/mol. The van der Waals surface area contributed by atoms with Crippen LogP contribution in [-0.4, -0.2) is 56.2 Å². The van der Waals surface area contributed by atoms with Crippen LogP contribution in [0.3, 0.4) is 0 Å². The van der Waals surface area contributed by atoms with Gasteiger partial charge in [0.1, 0.15) is 11.3 Å². The fourth-order valence-electron chi connectivity index (χ4n) is 3.75. The molecule has 0 atom stereocenters. The van der Waals surface area contributed by atoms with Crippen LogP contribution in [0.4, 0.5) is 5.69 Å². The number of amides is 2. The van der Waals surface area contributed by atoms with Gasteiger partial charge in [-0.05, 0) is 49.8 Å². The molecule has 35 heavy (non-hydrogen) atoms. The summed E-state index contributed by atoms with van der Waals surface area (Å²) in [6.45, 7) is 5.63. The van der Waals surface area contributed by atoms with E-state index in [1.807, 2.05) is 26.0 Å². The highest BCUT2D eigenvalue weighted by molar-refractivity contribution is 6.32. The van der Waals surface area contributed by atoms with Crippen molar-refractivity contribution in [1.82, 2.24) is 4.90 Å². The molecule has 8 nitrogen and oxygen atoms in total. The third-order valence-electron chi connectivity index (χ3n) is 5.37.